The summed E-state index contributed by atoms with van der Waals surface area (Å²) in [5.74, 6) is 0.209. The van der Waals surface area contributed by atoms with E-state index in [2.05, 4.69) is 10.5 Å². The van der Waals surface area contributed by atoms with Gasteiger partial charge in [-0.3, -0.25) is 9.69 Å². The van der Waals surface area contributed by atoms with Crippen LogP contribution >= 0.6 is 11.3 Å². The molecule has 4 rings (SSSR count). The third kappa shape index (κ3) is 5.19. The second-order valence-corrected chi connectivity index (χ2v) is 11.1. The van der Waals surface area contributed by atoms with E-state index in [0.717, 1.165) is 10.4 Å². The van der Waals surface area contributed by atoms with Crippen LogP contribution in [0.2, 0.25) is 0 Å². The van der Waals surface area contributed by atoms with Crippen molar-refractivity contribution in [1.82, 2.24) is 19.7 Å². The Bertz CT molecular complexity index is 1180. The first-order valence-corrected chi connectivity index (χ1v) is 13.1. The number of sulfonamides is 1. The van der Waals surface area contributed by atoms with Crippen LogP contribution < -0.4 is 5.32 Å². The molecule has 1 aliphatic rings. The summed E-state index contributed by atoms with van der Waals surface area (Å²) in [4.78, 5) is 16.1. The number of piperazine rings is 1. The lowest BCUT2D eigenvalue weighted by atomic mass is 10.0. The zero-order valence-electron chi connectivity index (χ0n) is 18.9. The van der Waals surface area contributed by atoms with E-state index in [-0.39, 0.29) is 23.4 Å². The van der Waals surface area contributed by atoms with Crippen LogP contribution in [0.1, 0.15) is 33.5 Å². The molecule has 1 saturated heterocycles. The van der Waals surface area contributed by atoms with Gasteiger partial charge >= 0.3 is 0 Å². The van der Waals surface area contributed by atoms with Gasteiger partial charge in [0.05, 0.1) is 12.6 Å². The highest BCUT2D eigenvalue weighted by atomic mass is 32.2. The summed E-state index contributed by atoms with van der Waals surface area (Å²) in [6.07, 6.45) is 0. The van der Waals surface area contributed by atoms with Crippen molar-refractivity contribution in [2.45, 2.75) is 31.7 Å². The van der Waals surface area contributed by atoms with Crippen LogP contribution in [0, 0.1) is 20.8 Å². The predicted octanol–water partition coefficient (Wildman–Crippen LogP) is 2.87. The number of aryl methyl sites for hydroxylation is 3. The summed E-state index contributed by atoms with van der Waals surface area (Å²) in [6, 6.07) is 12.0. The topological polar surface area (TPSA) is 95.8 Å². The molecule has 0 saturated carbocycles. The highest BCUT2D eigenvalue weighted by Crippen LogP contribution is 2.27. The maximum absolute atomic E-state index is 13.0. The fourth-order valence-corrected chi connectivity index (χ4v) is 6.56. The lowest BCUT2D eigenvalue weighted by molar-refractivity contribution is -0.123. The molecule has 2 aromatic heterocycles. The summed E-state index contributed by atoms with van der Waals surface area (Å²) in [7, 11) is -3.67. The molecule has 176 valence electrons. The van der Waals surface area contributed by atoms with E-state index in [1.807, 2.05) is 53.6 Å². The standard InChI is InChI=1S/C23H28N4O4S2/c1-16-6-8-19(9-7-16)22(20-5-4-14-32-20)24-21(28)15-26-10-12-27(13-11-26)33(29,30)23-17(2)25-31-18(23)3/h4-9,14,22H,10-13,15H2,1-3H3,(H,24,28). The summed E-state index contributed by atoms with van der Waals surface area (Å²) < 4.78 is 32.5. The molecule has 33 heavy (non-hydrogen) atoms. The summed E-state index contributed by atoms with van der Waals surface area (Å²) in [6.45, 7) is 7.06. The Kier molecular flexibility index (Phi) is 6.99. The van der Waals surface area contributed by atoms with Gasteiger partial charge in [-0.1, -0.05) is 41.1 Å². The Morgan fingerprint density at radius 1 is 1.12 bits per heavy atom. The van der Waals surface area contributed by atoms with E-state index in [0.29, 0.717) is 37.6 Å². The number of amides is 1. The number of benzene rings is 1. The van der Waals surface area contributed by atoms with Crippen molar-refractivity contribution in [1.29, 1.82) is 0 Å². The fourth-order valence-electron chi connectivity index (χ4n) is 4.04. The number of carbonyl (C=O) groups excluding carboxylic acids is 1. The molecule has 1 aromatic carbocycles. The van der Waals surface area contributed by atoms with E-state index < -0.39 is 10.0 Å². The number of thiophene rings is 1. The molecular weight excluding hydrogens is 460 g/mol. The molecular formula is C23H28N4O4S2. The summed E-state index contributed by atoms with van der Waals surface area (Å²) >= 11 is 1.61. The molecule has 0 radical (unpaired) electrons. The molecule has 3 heterocycles. The number of rotatable bonds is 7. The smallest absolute Gasteiger partial charge is 0.248 e. The van der Waals surface area contributed by atoms with E-state index >= 15 is 0 Å². The number of nitrogens with one attached hydrogen (secondary N) is 1. The van der Waals surface area contributed by atoms with Gasteiger partial charge in [0.25, 0.3) is 0 Å². The highest BCUT2D eigenvalue weighted by Gasteiger charge is 2.33. The normalized spacial score (nSPS) is 16.6. The van der Waals surface area contributed by atoms with Crippen molar-refractivity contribution < 1.29 is 17.7 Å². The van der Waals surface area contributed by atoms with E-state index in [4.69, 9.17) is 4.52 Å². The zero-order chi connectivity index (χ0) is 23.6. The minimum atomic E-state index is -3.67. The lowest BCUT2D eigenvalue weighted by Gasteiger charge is -2.33. The van der Waals surface area contributed by atoms with E-state index in [1.165, 1.54) is 9.87 Å². The van der Waals surface area contributed by atoms with Crippen LogP contribution in [0.4, 0.5) is 0 Å². The first-order chi connectivity index (χ1) is 15.8. The number of aromatic nitrogens is 1. The molecule has 1 N–H and O–H groups in total. The van der Waals surface area contributed by atoms with Crippen molar-refractivity contribution in [3.8, 4) is 0 Å². The molecule has 1 amide bonds. The number of carbonyl (C=O) groups is 1. The van der Waals surface area contributed by atoms with Crippen molar-refractivity contribution in [2.24, 2.45) is 0 Å². The Morgan fingerprint density at radius 3 is 2.39 bits per heavy atom. The van der Waals surface area contributed by atoms with Gasteiger partial charge < -0.3 is 9.84 Å². The zero-order valence-corrected chi connectivity index (χ0v) is 20.6. The molecule has 8 nitrogen and oxygen atoms in total. The van der Waals surface area contributed by atoms with Gasteiger partial charge in [-0.15, -0.1) is 11.3 Å². The van der Waals surface area contributed by atoms with Gasteiger partial charge in [0, 0.05) is 31.1 Å². The lowest BCUT2D eigenvalue weighted by Crippen LogP contribution is -2.51. The van der Waals surface area contributed by atoms with Crippen molar-refractivity contribution in [3.05, 3.63) is 69.2 Å². The van der Waals surface area contributed by atoms with Crippen LogP contribution in [0.5, 0.6) is 0 Å². The third-order valence-electron chi connectivity index (χ3n) is 5.81. The van der Waals surface area contributed by atoms with Gasteiger partial charge in [0.1, 0.15) is 10.6 Å². The van der Waals surface area contributed by atoms with Crippen molar-refractivity contribution >= 4 is 27.3 Å². The monoisotopic (exact) mass is 488 g/mol. The van der Waals surface area contributed by atoms with Crippen LogP contribution in [0.3, 0.4) is 0 Å². The quantitative estimate of drug-likeness (QED) is 0.550. The first kappa shape index (κ1) is 23.6. The van der Waals surface area contributed by atoms with Crippen molar-refractivity contribution in [3.63, 3.8) is 0 Å². The third-order valence-corrected chi connectivity index (χ3v) is 8.89. The van der Waals surface area contributed by atoms with Crippen LogP contribution in [0.15, 0.2) is 51.2 Å². The molecule has 0 spiro atoms. The molecule has 1 unspecified atom stereocenters. The summed E-state index contributed by atoms with van der Waals surface area (Å²) in [5, 5.41) is 8.93. The van der Waals surface area contributed by atoms with Gasteiger partial charge in [0.15, 0.2) is 5.76 Å². The minimum absolute atomic E-state index is 0.0870. The van der Waals surface area contributed by atoms with Crippen LogP contribution in [-0.4, -0.2) is 61.4 Å². The van der Waals surface area contributed by atoms with Gasteiger partial charge in [0.2, 0.25) is 15.9 Å². The van der Waals surface area contributed by atoms with E-state index in [9.17, 15) is 13.2 Å². The average molecular weight is 489 g/mol. The Hall–Kier alpha value is -2.53. The molecule has 0 bridgehead atoms. The molecule has 1 fully saturated rings. The fraction of sp³-hybridized carbons (Fsp3) is 0.391. The molecule has 10 heteroatoms. The maximum atomic E-state index is 13.0. The van der Waals surface area contributed by atoms with Gasteiger partial charge in [-0.2, -0.15) is 4.31 Å². The molecule has 1 aliphatic heterocycles. The number of hydrogen-bond donors (Lipinski definition) is 1. The maximum Gasteiger partial charge on any atom is 0.248 e. The Morgan fingerprint density at radius 2 is 1.82 bits per heavy atom. The average Bonchev–Trinajstić information content (AvgIpc) is 3.43. The van der Waals surface area contributed by atoms with Crippen LogP contribution in [-0.2, 0) is 14.8 Å². The van der Waals surface area contributed by atoms with E-state index in [1.54, 1.807) is 25.2 Å². The van der Waals surface area contributed by atoms with Gasteiger partial charge in [-0.05, 0) is 37.8 Å². The van der Waals surface area contributed by atoms with Gasteiger partial charge in [-0.25, -0.2) is 8.42 Å². The predicted molar refractivity (Wildman–Crippen MR) is 127 cm³/mol. The number of nitrogens with zero attached hydrogens (tertiary/aromatic N) is 3. The SMILES string of the molecule is Cc1ccc(C(NC(=O)CN2CCN(S(=O)(=O)c3c(C)noc3C)CC2)c2cccs2)cc1. The highest BCUT2D eigenvalue weighted by molar-refractivity contribution is 7.89. The Balaban J connectivity index is 1.38. The minimum Gasteiger partial charge on any atom is -0.360 e. The summed E-state index contributed by atoms with van der Waals surface area (Å²) in [5.41, 5.74) is 2.57. The second kappa shape index (κ2) is 9.76. The van der Waals surface area contributed by atoms with Crippen molar-refractivity contribution in [2.75, 3.05) is 32.7 Å². The number of hydrogen-bond acceptors (Lipinski definition) is 7. The largest absolute Gasteiger partial charge is 0.360 e. The Labute approximate surface area is 198 Å². The second-order valence-electron chi connectivity index (χ2n) is 8.26. The molecule has 3 aromatic rings. The molecule has 0 aliphatic carbocycles. The first-order valence-electron chi connectivity index (χ1n) is 10.8. The van der Waals surface area contributed by atoms with Crippen LogP contribution in [0.25, 0.3) is 0 Å². The molecule has 1 atom stereocenters.